The van der Waals surface area contributed by atoms with Crippen molar-refractivity contribution >= 4 is 88.1 Å². The van der Waals surface area contributed by atoms with E-state index >= 15 is 0 Å². The number of hydrogen-bond acceptors (Lipinski definition) is 14. The van der Waals surface area contributed by atoms with Crippen molar-refractivity contribution in [1.29, 1.82) is 0 Å². The van der Waals surface area contributed by atoms with Gasteiger partial charge >= 0.3 is 24.1 Å². The fourth-order valence-corrected chi connectivity index (χ4v) is 6.55. The first-order valence-electron chi connectivity index (χ1n) is 13.4. The van der Waals surface area contributed by atoms with Crippen molar-refractivity contribution < 1.29 is 57.2 Å². The summed E-state index contributed by atoms with van der Waals surface area (Å²) in [7, 11) is 0. The van der Waals surface area contributed by atoms with Gasteiger partial charge in [0.05, 0.1) is 16.5 Å². The molecule has 3 atom stereocenters. The Morgan fingerprint density at radius 1 is 0.875 bits per heavy atom. The number of nitro benzene ring substituents is 2. The largest absolute Gasteiger partial charge is 0.508 e. The van der Waals surface area contributed by atoms with Gasteiger partial charge in [-0.2, -0.15) is 8.90 Å². The summed E-state index contributed by atoms with van der Waals surface area (Å²) in [4.78, 5) is 82.1. The molecule has 0 aliphatic carbocycles. The molecule has 1 fully saturated rings. The zero-order chi connectivity index (χ0) is 35.2. The number of β-lactam (4-membered cyclic amide) rings is 1. The van der Waals surface area contributed by atoms with Crippen LogP contribution in [0.2, 0.25) is 0 Å². The lowest BCUT2D eigenvalue weighted by Gasteiger charge is -2.48. The number of esters is 1. The smallest absolute Gasteiger partial charge is 0.453 e. The molecule has 21 heteroatoms. The number of hydrogen-bond donors (Lipinski definition) is 0. The predicted octanol–water partition coefficient (Wildman–Crippen LogP) is 5.06. The van der Waals surface area contributed by atoms with Crippen LogP contribution in [0.25, 0.3) is 0 Å². The number of benzene rings is 2. The first-order chi connectivity index (χ1) is 22.8. The molecule has 2 heterocycles. The van der Waals surface area contributed by atoms with Gasteiger partial charge in [0, 0.05) is 47.9 Å². The number of rotatable bonds is 13. The number of ether oxygens (including phenoxy) is 4. The number of carbonyl (C=O) groups is 5. The van der Waals surface area contributed by atoms with Crippen LogP contribution in [-0.2, 0) is 46.5 Å². The van der Waals surface area contributed by atoms with E-state index in [9.17, 15) is 44.2 Å². The van der Waals surface area contributed by atoms with Crippen molar-refractivity contribution in [3.63, 3.8) is 0 Å². The number of nitro groups is 2. The molecule has 2 aromatic carbocycles. The standard InChI is InChI=1S/C27H22Cl3N4O13S/c28-21(29)22(35)31(30)26(38)47-14-34-20(25(37)45-11-15-1-5-17(6-2-15)32(40)41)13-48-24(34)19(23(34)36)9-10-44-27(39)46-12-16-3-7-18(8-4-16)33(42)43/h1-8,13,19,21,24H,9-12,14H2/q+1/t19?,24-,34?/m1/s1. The Morgan fingerprint density at radius 2 is 1.42 bits per heavy atom. The number of non-ortho nitro benzene ring substituents is 2. The highest BCUT2D eigenvalue weighted by Crippen LogP contribution is 2.53. The van der Waals surface area contributed by atoms with E-state index in [1.807, 2.05) is 0 Å². The number of quaternary nitrogens is 1. The van der Waals surface area contributed by atoms with Gasteiger partial charge in [0.25, 0.3) is 17.3 Å². The molecule has 48 heavy (non-hydrogen) atoms. The normalized spacial score (nSPS) is 19.3. The van der Waals surface area contributed by atoms with E-state index in [4.69, 9.17) is 53.9 Å². The average molecular weight is 749 g/mol. The van der Waals surface area contributed by atoms with Crippen LogP contribution in [0, 0.1) is 26.1 Å². The Balaban J connectivity index is 1.38. The Morgan fingerprint density at radius 3 is 1.94 bits per heavy atom. The average Bonchev–Trinajstić information content (AvgIpc) is 3.41. The zero-order valence-corrected chi connectivity index (χ0v) is 27.2. The molecule has 2 aliphatic heterocycles. The molecule has 0 saturated carbocycles. The summed E-state index contributed by atoms with van der Waals surface area (Å²) in [5, 5.41) is 22.3. The van der Waals surface area contributed by atoms with Gasteiger partial charge in [0.15, 0.2) is 10.2 Å². The van der Waals surface area contributed by atoms with Crippen LogP contribution in [0.5, 0.6) is 0 Å². The number of alkyl halides is 2. The van der Waals surface area contributed by atoms with Crippen molar-refractivity contribution in [2.24, 2.45) is 5.92 Å². The molecular weight excluding hydrogens is 727 g/mol. The second-order valence-electron chi connectivity index (χ2n) is 9.90. The number of imide groups is 1. The molecule has 2 aromatic rings. The highest BCUT2D eigenvalue weighted by atomic mass is 35.5. The maximum Gasteiger partial charge on any atom is 0.508 e. The van der Waals surface area contributed by atoms with Gasteiger partial charge in [-0.15, -0.1) is 0 Å². The lowest BCUT2D eigenvalue weighted by atomic mass is 9.90. The van der Waals surface area contributed by atoms with Crippen LogP contribution in [-0.4, -0.2) is 72.3 Å². The molecule has 1 saturated heterocycles. The molecule has 17 nitrogen and oxygen atoms in total. The Bertz CT molecular complexity index is 1660. The maximum atomic E-state index is 13.6. The van der Waals surface area contributed by atoms with E-state index in [0.717, 1.165) is 11.8 Å². The first kappa shape index (κ1) is 36.3. The summed E-state index contributed by atoms with van der Waals surface area (Å²) in [6.07, 6.45) is -2.51. The molecule has 0 N–H and O–H groups in total. The summed E-state index contributed by atoms with van der Waals surface area (Å²) in [5.74, 6) is -3.60. The molecule has 4 rings (SSSR count). The number of amides is 3. The lowest BCUT2D eigenvalue weighted by Crippen LogP contribution is -2.72. The van der Waals surface area contributed by atoms with Crippen molar-refractivity contribution in [1.82, 2.24) is 4.42 Å². The van der Waals surface area contributed by atoms with Crippen molar-refractivity contribution in [2.75, 3.05) is 13.3 Å². The third-order valence-corrected chi connectivity index (χ3v) is 9.05. The SMILES string of the molecule is O=C(OCCC1C(=O)[N+]2(COC(=O)N(Cl)C(=O)C(Cl)Cl)C(C(=O)OCc3ccc([N+](=O)[O-])cc3)=CS[C@H]12)OCc1ccc([N+](=O)[O-])cc1. The first-order valence-corrected chi connectivity index (χ1v) is 15.6. The molecule has 0 spiro atoms. The fraction of sp³-hybridized carbons (Fsp3) is 0.296. The van der Waals surface area contributed by atoms with Gasteiger partial charge in [-0.05, 0) is 35.4 Å². The van der Waals surface area contributed by atoms with Crippen LogP contribution >= 0.6 is 46.7 Å². The van der Waals surface area contributed by atoms with Crippen LogP contribution < -0.4 is 0 Å². The minimum absolute atomic E-state index is 0.0175. The minimum atomic E-state index is -1.70. The van der Waals surface area contributed by atoms with E-state index in [0.29, 0.717) is 11.1 Å². The van der Waals surface area contributed by atoms with Gasteiger partial charge in [-0.1, -0.05) is 35.0 Å². The second kappa shape index (κ2) is 15.6. The van der Waals surface area contributed by atoms with Gasteiger partial charge < -0.3 is 18.9 Å². The summed E-state index contributed by atoms with van der Waals surface area (Å²) in [6, 6.07) is 10.5. The molecule has 0 aromatic heterocycles. The fourth-order valence-electron chi connectivity index (χ4n) is 4.63. The topological polar surface area (TPSA) is 212 Å². The molecule has 2 aliphatic rings. The molecule has 0 bridgehead atoms. The number of carbonyl (C=O) groups excluding carboxylic acids is 5. The highest BCUT2D eigenvalue weighted by molar-refractivity contribution is 8.02. The molecule has 3 amide bonds. The number of thioether (sulfide) groups is 1. The van der Waals surface area contributed by atoms with E-state index in [2.05, 4.69) is 0 Å². The van der Waals surface area contributed by atoms with Crippen LogP contribution in [0.15, 0.2) is 59.6 Å². The zero-order valence-electron chi connectivity index (χ0n) is 24.1. The number of fused-ring (bicyclic) bond motifs is 1. The lowest BCUT2D eigenvalue weighted by molar-refractivity contribution is -0.874. The summed E-state index contributed by atoms with van der Waals surface area (Å²) in [5.41, 5.74) is 0.366. The van der Waals surface area contributed by atoms with E-state index in [-0.39, 0.29) is 47.7 Å². The third-order valence-electron chi connectivity index (χ3n) is 7.05. The number of nitrogens with zero attached hydrogens (tertiary/aromatic N) is 4. The van der Waals surface area contributed by atoms with Crippen LogP contribution in [0.4, 0.5) is 21.0 Å². The summed E-state index contributed by atoms with van der Waals surface area (Å²) >= 11 is 17.6. The Kier molecular flexibility index (Phi) is 11.8. The van der Waals surface area contributed by atoms with Gasteiger partial charge in [0.2, 0.25) is 12.4 Å². The molecule has 2 unspecified atom stereocenters. The van der Waals surface area contributed by atoms with Crippen molar-refractivity contribution in [3.05, 3.63) is 91.0 Å². The molecule has 0 radical (unpaired) electrons. The Labute approximate surface area is 289 Å². The van der Waals surface area contributed by atoms with Crippen molar-refractivity contribution in [2.45, 2.75) is 29.8 Å². The van der Waals surface area contributed by atoms with Gasteiger partial charge in [-0.25, -0.2) is 19.2 Å². The van der Waals surface area contributed by atoms with Gasteiger partial charge in [0.1, 0.15) is 19.1 Å². The van der Waals surface area contributed by atoms with E-state index in [1.54, 1.807) is 0 Å². The summed E-state index contributed by atoms with van der Waals surface area (Å²) < 4.78 is 19.7. The third kappa shape index (κ3) is 7.96. The summed E-state index contributed by atoms with van der Waals surface area (Å²) in [6.45, 7) is -1.60. The number of halogens is 3. The molecule has 254 valence electrons. The minimum Gasteiger partial charge on any atom is -0.453 e. The van der Waals surface area contributed by atoms with E-state index in [1.165, 1.54) is 53.9 Å². The van der Waals surface area contributed by atoms with Crippen LogP contribution in [0.3, 0.4) is 0 Å². The predicted molar refractivity (Wildman–Crippen MR) is 165 cm³/mol. The van der Waals surface area contributed by atoms with Gasteiger partial charge in [-0.3, -0.25) is 25.0 Å². The Hall–Kier alpha value is -4.49. The van der Waals surface area contributed by atoms with E-state index < -0.39 is 67.2 Å². The quantitative estimate of drug-likeness (QED) is 0.0383. The maximum absolute atomic E-state index is 13.6. The van der Waals surface area contributed by atoms with Crippen LogP contribution in [0.1, 0.15) is 17.5 Å². The highest BCUT2D eigenvalue weighted by Gasteiger charge is 2.71. The second-order valence-corrected chi connectivity index (χ2v) is 12.3. The monoisotopic (exact) mass is 747 g/mol. The molecular formula is C27H22Cl3N4O13S+. The van der Waals surface area contributed by atoms with Crippen molar-refractivity contribution in [3.8, 4) is 0 Å².